The van der Waals surface area contributed by atoms with Gasteiger partial charge in [-0.1, -0.05) is 18.5 Å². The minimum Gasteiger partial charge on any atom is -0.353 e. The van der Waals surface area contributed by atoms with Crippen LogP contribution in [-0.2, 0) is 0 Å². The lowest BCUT2D eigenvalue weighted by molar-refractivity contribution is 0.0491. The molecular formula is C30H34ClN7O. The van der Waals surface area contributed by atoms with Crippen molar-refractivity contribution in [3.63, 3.8) is 0 Å². The molecule has 2 aliphatic rings. The third-order valence-corrected chi connectivity index (χ3v) is 8.41. The molecule has 2 saturated heterocycles. The van der Waals surface area contributed by atoms with Gasteiger partial charge in [0.15, 0.2) is 0 Å². The van der Waals surface area contributed by atoms with E-state index in [0.29, 0.717) is 17.1 Å². The van der Waals surface area contributed by atoms with Crippen molar-refractivity contribution >= 4 is 23.3 Å². The zero-order chi connectivity index (χ0) is 26.8. The number of hydrogen-bond acceptors (Lipinski definition) is 5. The molecule has 4 aromatic rings. The summed E-state index contributed by atoms with van der Waals surface area (Å²) in [5.41, 5.74) is 2.70. The van der Waals surface area contributed by atoms with E-state index < -0.39 is 0 Å². The second-order valence-corrected chi connectivity index (χ2v) is 10.8. The van der Waals surface area contributed by atoms with Crippen molar-refractivity contribution in [3.8, 4) is 17.1 Å². The van der Waals surface area contributed by atoms with E-state index in [2.05, 4.69) is 26.7 Å². The summed E-state index contributed by atoms with van der Waals surface area (Å²) in [7, 11) is 0. The molecule has 39 heavy (non-hydrogen) atoms. The van der Waals surface area contributed by atoms with Crippen LogP contribution in [0.4, 0.5) is 5.82 Å². The molecule has 0 spiro atoms. The predicted molar refractivity (Wildman–Crippen MR) is 155 cm³/mol. The van der Waals surface area contributed by atoms with Crippen LogP contribution in [-0.4, -0.2) is 80.0 Å². The van der Waals surface area contributed by atoms with E-state index in [0.717, 1.165) is 80.4 Å². The number of piperazine rings is 1. The maximum Gasteiger partial charge on any atom is 0.253 e. The Balaban J connectivity index is 1.05. The van der Waals surface area contributed by atoms with Crippen molar-refractivity contribution in [1.82, 2.24) is 29.3 Å². The highest BCUT2D eigenvalue weighted by Gasteiger charge is 2.35. The lowest BCUT2D eigenvalue weighted by Crippen LogP contribution is -2.58. The first-order valence-electron chi connectivity index (χ1n) is 13.8. The Labute approximate surface area is 234 Å². The summed E-state index contributed by atoms with van der Waals surface area (Å²) in [5.74, 6) is 1.74. The third-order valence-electron chi connectivity index (χ3n) is 8.13. The van der Waals surface area contributed by atoms with Gasteiger partial charge in [-0.05, 0) is 61.7 Å². The molecule has 1 aromatic carbocycles. The highest BCUT2D eigenvalue weighted by molar-refractivity contribution is 6.33. The lowest BCUT2D eigenvalue weighted by Gasteiger charge is -2.47. The first kappa shape index (κ1) is 25.6. The number of anilines is 1. The smallest absolute Gasteiger partial charge is 0.253 e. The number of pyridine rings is 1. The molecule has 0 bridgehead atoms. The van der Waals surface area contributed by atoms with E-state index in [9.17, 15) is 4.79 Å². The molecule has 5 heterocycles. The Hall–Kier alpha value is -3.62. The third kappa shape index (κ3) is 5.31. The molecule has 1 atom stereocenters. The van der Waals surface area contributed by atoms with E-state index in [1.54, 1.807) is 12.4 Å². The van der Waals surface area contributed by atoms with Gasteiger partial charge in [0.1, 0.15) is 11.6 Å². The maximum atomic E-state index is 13.2. The van der Waals surface area contributed by atoms with Crippen LogP contribution in [0.3, 0.4) is 0 Å². The number of carbonyl (C=O) groups is 1. The van der Waals surface area contributed by atoms with Crippen LogP contribution < -0.4 is 4.90 Å². The normalized spacial score (nSPS) is 19.0. The van der Waals surface area contributed by atoms with Crippen LogP contribution >= 0.6 is 11.6 Å². The van der Waals surface area contributed by atoms with Crippen LogP contribution in [0, 0.1) is 0 Å². The van der Waals surface area contributed by atoms with Crippen LogP contribution in [0.1, 0.15) is 36.5 Å². The number of imidazole rings is 1. The minimum absolute atomic E-state index is 0.128. The number of carbonyl (C=O) groups excluding carboxylic acids is 1. The second-order valence-electron chi connectivity index (χ2n) is 10.4. The maximum absolute atomic E-state index is 13.2. The first-order chi connectivity index (χ1) is 19.1. The van der Waals surface area contributed by atoms with Gasteiger partial charge in [-0.25, -0.2) is 9.97 Å². The average molecular weight is 544 g/mol. The Morgan fingerprint density at radius 3 is 2.49 bits per heavy atom. The monoisotopic (exact) mass is 543 g/mol. The van der Waals surface area contributed by atoms with Gasteiger partial charge in [0, 0.05) is 92.6 Å². The number of aromatic amines is 1. The molecule has 0 radical (unpaired) electrons. The Morgan fingerprint density at radius 1 is 1.05 bits per heavy atom. The number of hydrogen-bond donors (Lipinski definition) is 1. The van der Waals surface area contributed by atoms with Crippen LogP contribution in [0.15, 0.2) is 73.4 Å². The zero-order valence-electron chi connectivity index (χ0n) is 22.2. The zero-order valence-corrected chi connectivity index (χ0v) is 23.0. The number of amides is 1. The molecule has 8 nitrogen and oxygen atoms in total. The number of nitrogens with zero attached hydrogens (tertiary/aromatic N) is 6. The highest BCUT2D eigenvalue weighted by atomic mass is 35.5. The number of rotatable bonds is 6. The van der Waals surface area contributed by atoms with Crippen LogP contribution in [0.5, 0.6) is 0 Å². The molecule has 202 valence electrons. The summed E-state index contributed by atoms with van der Waals surface area (Å²) >= 11 is 6.69. The van der Waals surface area contributed by atoms with Gasteiger partial charge < -0.3 is 19.4 Å². The largest absolute Gasteiger partial charge is 0.353 e. The Morgan fingerprint density at radius 2 is 1.82 bits per heavy atom. The van der Waals surface area contributed by atoms with Gasteiger partial charge in [-0.2, -0.15) is 0 Å². The predicted octanol–water partition coefficient (Wildman–Crippen LogP) is 5.12. The average Bonchev–Trinajstić information content (AvgIpc) is 3.72. The SMILES string of the molecule is CC[C@H]1CN(c2ncc(-c3ncc[nH]3)cc2Cl)CCN1C1CCN(C(=O)c2ccc(-n3cccc3)cc2)CC1. The van der Waals surface area contributed by atoms with Crippen LogP contribution in [0.2, 0.25) is 5.02 Å². The lowest BCUT2D eigenvalue weighted by atomic mass is 9.97. The standard InChI is InChI=1S/C30H34ClN7O/c1-2-24-21-37(29-27(31)19-23(20-34-29)28-32-11-12-33-28)17-18-38(24)26-9-15-36(16-10-26)30(39)22-5-7-25(8-6-22)35-13-3-4-14-35/h3-8,11-14,19-20,24,26H,2,9-10,15-18,21H2,1H3,(H,32,33)/t24-/m0/s1. The molecule has 9 heteroatoms. The summed E-state index contributed by atoms with van der Waals surface area (Å²) in [5, 5.41) is 0.653. The minimum atomic E-state index is 0.128. The summed E-state index contributed by atoms with van der Waals surface area (Å²) in [4.78, 5) is 32.3. The van der Waals surface area contributed by atoms with Crippen molar-refractivity contribution in [2.75, 3.05) is 37.6 Å². The number of aromatic nitrogens is 4. The van der Waals surface area contributed by atoms with Crippen molar-refractivity contribution in [1.29, 1.82) is 0 Å². The molecule has 0 aliphatic carbocycles. The summed E-state index contributed by atoms with van der Waals surface area (Å²) in [6.07, 6.45) is 12.4. The molecule has 1 N–H and O–H groups in total. The fourth-order valence-electron chi connectivity index (χ4n) is 5.99. The molecule has 1 amide bonds. The molecular weight excluding hydrogens is 510 g/mol. The summed E-state index contributed by atoms with van der Waals surface area (Å²) in [6.45, 7) is 6.59. The van der Waals surface area contributed by atoms with Crippen molar-refractivity contribution < 1.29 is 4.79 Å². The molecule has 0 unspecified atom stereocenters. The van der Waals surface area contributed by atoms with Crippen molar-refractivity contribution in [2.45, 2.75) is 38.3 Å². The van der Waals surface area contributed by atoms with Crippen molar-refractivity contribution in [3.05, 3.63) is 84.0 Å². The van der Waals surface area contributed by atoms with Gasteiger partial charge in [0.25, 0.3) is 5.91 Å². The first-order valence-corrected chi connectivity index (χ1v) is 14.2. The molecule has 0 saturated carbocycles. The fourth-order valence-corrected chi connectivity index (χ4v) is 6.27. The van der Waals surface area contributed by atoms with E-state index in [1.807, 2.05) is 70.5 Å². The van der Waals surface area contributed by atoms with Crippen LogP contribution in [0.25, 0.3) is 17.1 Å². The van der Waals surface area contributed by atoms with Gasteiger partial charge in [-0.3, -0.25) is 9.69 Å². The van der Waals surface area contributed by atoms with E-state index >= 15 is 0 Å². The summed E-state index contributed by atoms with van der Waals surface area (Å²) < 4.78 is 2.05. The van der Waals surface area contributed by atoms with Gasteiger partial charge >= 0.3 is 0 Å². The number of piperidine rings is 1. The Kier molecular flexibility index (Phi) is 7.39. The van der Waals surface area contributed by atoms with Crippen molar-refractivity contribution in [2.24, 2.45) is 0 Å². The van der Waals surface area contributed by atoms with E-state index in [-0.39, 0.29) is 5.91 Å². The number of halogens is 1. The number of benzene rings is 1. The van der Waals surface area contributed by atoms with E-state index in [1.165, 1.54) is 0 Å². The van der Waals surface area contributed by atoms with Gasteiger partial charge in [0.2, 0.25) is 0 Å². The van der Waals surface area contributed by atoms with E-state index in [4.69, 9.17) is 16.6 Å². The number of H-pyrrole nitrogens is 1. The Bertz CT molecular complexity index is 1380. The summed E-state index contributed by atoms with van der Waals surface area (Å²) in [6, 6.07) is 14.8. The topological polar surface area (TPSA) is 73.3 Å². The molecule has 2 aliphatic heterocycles. The molecule has 2 fully saturated rings. The number of nitrogens with one attached hydrogen (secondary N) is 1. The number of likely N-dealkylation sites (tertiary alicyclic amines) is 1. The molecule has 3 aromatic heterocycles. The van der Waals surface area contributed by atoms with Gasteiger partial charge in [0.05, 0.1) is 5.02 Å². The second kappa shape index (κ2) is 11.2. The quantitative estimate of drug-likeness (QED) is 0.365. The molecule has 6 rings (SSSR count). The highest BCUT2D eigenvalue weighted by Crippen LogP contribution is 2.31. The fraction of sp³-hybridized carbons (Fsp3) is 0.367. The van der Waals surface area contributed by atoms with Gasteiger partial charge in [-0.15, -0.1) is 0 Å².